The van der Waals surface area contributed by atoms with Crippen molar-refractivity contribution in [3.05, 3.63) is 329 Å². The number of fused-ring (bicyclic) bond motifs is 4. The maximum Gasteiger partial charge on any atom is 0.0372 e. The highest BCUT2D eigenvalue weighted by atomic mass is 14.3. The van der Waals surface area contributed by atoms with Crippen LogP contribution in [0.1, 0.15) is 68.8 Å². The van der Waals surface area contributed by atoms with Crippen molar-refractivity contribution in [2.45, 2.75) is 18.8 Å². The Kier molecular flexibility index (Phi) is 12.0. The summed E-state index contributed by atoms with van der Waals surface area (Å²) in [4.78, 5) is 0. The van der Waals surface area contributed by atoms with E-state index in [1.807, 2.05) is 6.07 Å². The third-order valence-corrected chi connectivity index (χ3v) is 15.4. The van der Waals surface area contributed by atoms with E-state index in [0.29, 0.717) is 5.92 Å². The van der Waals surface area contributed by atoms with Crippen LogP contribution in [0.2, 0.25) is 0 Å². The van der Waals surface area contributed by atoms with Crippen LogP contribution in [0.3, 0.4) is 0 Å². The highest BCUT2D eigenvalue weighted by molar-refractivity contribution is 6.16. The summed E-state index contributed by atoms with van der Waals surface area (Å²) in [6.07, 6.45) is 9.33. The van der Waals surface area contributed by atoms with Gasteiger partial charge in [-0.2, -0.15) is 0 Å². The van der Waals surface area contributed by atoms with Gasteiger partial charge in [0.25, 0.3) is 0 Å². The highest BCUT2D eigenvalue weighted by Crippen LogP contribution is 2.48. The van der Waals surface area contributed by atoms with Gasteiger partial charge in [-0.1, -0.05) is 268 Å². The van der Waals surface area contributed by atoms with Crippen molar-refractivity contribution >= 4 is 61.7 Å². The van der Waals surface area contributed by atoms with Gasteiger partial charge in [-0.3, -0.25) is 0 Å². The Labute approximate surface area is 440 Å². The Morgan fingerprint density at radius 1 is 0.413 bits per heavy atom. The maximum absolute atomic E-state index is 3.63. The van der Waals surface area contributed by atoms with E-state index in [1.165, 1.54) is 116 Å². The number of hydrogen-bond acceptors (Lipinski definition) is 0. The zero-order valence-electron chi connectivity index (χ0n) is 41.8. The molecular formula is C75H52. The summed E-state index contributed by atoms with van der Waals surface area (Å²) in [5.74, 6) is 0.527. The van der Waals surface area contributed by atoms with Crippen molar-refractivity contribution in [1.82, 2.24) is 0 Å². The molecule has 0 amide bonds. The van der Waals surface area contributed by atoms with Gasteiger partial charge in [0, 0.05) is 11.3 Å². The maximum atomic E-state index is 3.63. The van der Waals surface area contributed by atoms with E-state index in [2.05, 4.69) is 298 Å². The fraction of sp³-hybridized carbons (Fsp3) is 0.0400. The van der Waals surface area contributed by atoms with Crippen molar-refractivity contribution < 1.29 is 0 Å². The van der Waals surface area contributed by atoms with E-state index >= 15 is 0 Å². The fourth-order valence-corrected chi connectivity index (χ4v) is 11.6. The van der Waals surface area contributed by atoms with Crippen molar-refractivity contribution in [3.8, 4) is 33.4 Å². The molecule has 2 atom stereocenters. The van der Waals surface area contributed by atoms with E-state index in [9.17, 15) is 0 Å². The standard InChI is InChI=1S/C75H52/c1-51-64-29-12-11-25-59(64)43-45-65(51)75-70-32-15-13-30-68(70)74(69-31-14-16-33-71(69)75)63-44-46-67-61(50-63)28-18-34-66(67)60-26-17-27-62(49-60)73(58-23-9-4-10-24-58)48-53-37-41-55(42-38-53)54-39-35-52(36-40-54)47-72(56-19-5-2-6-20-56)57-21-7-3-8-22-57/h2-15,17-32,34-51,65H,1H3/b73-48+. The molecule has 75 heavy (non-hydrogen) atoms. The van der Waals surface area contributed by atoms with Crippen LogP contribution in [-0.2, 0) is 0 Å². The van der Waals surface area contributed by atoms with E-state index in [4.69, 9.17) is 0 Å². The molecule has 2 unspecified atom stereocenters. The molecule has 352 valence electrons. The minimum absolute atomic E-state index is 0.208. The predicted octanol–water partition coefficient (Wildman–Crippen LogP) is 19.8. The molecule has 12 aromatic rings. The number of allylic oxidation sites excluding steroid dienone is 1. The third-order valence-electron chi connectivity index (χ3n) is 15.4. The van der Waals surface area contributed by atoms with Crippen LogP contribution >= 0.6 is 0 Å². The van der Waals surface area contributed by atoms with Crippen molar-refractivity contribution in [1.29, 1.82) is 0 Å². The van der Waals surface area contributed by atoms with Gasteiger partial charge >= 0.3 is 0 Å². The van der Waals surface area contributed by atoms with Gasteiger partial charge in [0.2, 0.25) is 0 Å². The average Bonchev–Trinajstić information content (AvgIpc) is 3.49. The Hall–Kier alpha value is -9.54. The van der Waals surface area contributed by atoms with Gasteiger partial charge in [-0.15, -0.1) is 0 Å². The van der Waals surface area contributed by atoms with Crippen LogP contribution in [0.5, 0.6) is 0 Å². The first-order chi connectivity index (χ1) is 37.1. The Morgan fingerprint density at radius 3 is 1.64 bits per heavy atom. The van der Waals surface area contributed by atoms with E-state index in [1.54, 1.807) is 0 Å². The topological polar surface area (TPSA) is 0 Å². The zero-order chi connectivity index (χ0) is 50.1. The van der Waals surface area contributed by atoms with Crippen molar-refractivity contribution in [3.63, 3.8) is 0 Å². The average molecular weight is 953 g/mol. The summed E-state index contributed by atoms with van der Waals surface area (Å²) in [5, 5.41) is 7.32. The molecular weight excluding hydrogens is 901 g/mol. The van der Waals surface area contributed by atoms with Gasteiger partial charge in [0.1, 0.15) is 0 Å². The lowest BCUT2D eigenvalue weighted by molar-refractivity contribution is 0.677. The molecule has 0 bridgehead atoms. The second kappa shape index (κ2) is 19.8. The summed E-state index contributed by atoms with van der Waals surface area (Å²) < 4.78 is 0. The minimum Gasteiger partial charge on any atom is -0.0757 e. The molecule has 0 fully saturated rings. The van der Waals surface area contributed by atoms with Crippen molar-refractivity contribution in [2.75, 3.05) is 0 Å². The molecule has 13 rings (SSSR count). The number of hydrogen-bond donors (Lipinski definition) is 0. The molecule has 12 aromatic carbocycles. The quantitative estimate of drug-likeness (QED) is 0.120. The second-order valence-electron chi connectivity index (χ2n) is 19.8. The number of benzene rings is 11. The first kappa shape index (κ1) is 45.3. The summed E-state index contributed by atoms with van der Waals surface area (Å²) in [6.45, 7) is 2.37. The van der Waals surface area contributed by atoms with Gasteiger partial charge < -0.3 is 0 Å². The van der Waals surface area contributed by atoms with E-state index in [-0.39, 0.29) is 5.92 Å². The van der Waals surface area contributed by atoms with E-state index < -0.39 is 0 Å². The Bertz CT molecular complexity index is 4040. The molecule has 0 heteroatoms. The van der Waals surface area contributed by atoms with Crippen LogP contribution in [0.15, 0.2) is 267 Å². The Balaban J connectivity index is 0.826. The summed E-state index contributed by atoms with van der Waals surface area (Å²) in [5.41, 5.74) is 20.7. The molecule has 0 N–H and O–H groups in total. The molecule has 0 spiro atoms. The van der Waals surface area contributed by atoms with Crippen molar-refractivity contribution in [2.24, 2.45) is 0 Å². The molecule has 0 saturated heterocycles. The Morgan fingerprint density at radius 2 is 0.973 bits per heavy atom. The summed E-state index contributed by atoms with van der Waals surface area (Å²) in [6, 6.07) is 102. The van der Waals surface area contributed by atoms with Crippen LogP contribution < -0.4 is 0 Å². The molecule has 0 nitrogen and oxygen atoms in total. The van der Waals surface area contributed by atoms with E-state index in [0.717, 1.165) is 10.9 Å². The van der Waals surface area contributed by atoms with Gasteiger partial charge in [-0.25, -0.2) is 0 Å². The van der Waals surface area contributed by atoms with Crippen LogP contribution in [0.25, 0.3) is 95.1 Å². The first-order valence-electron chi connectivity index (χ1n) is 26.1. The first-order valence-corrected chi connectivity index (χ1v) is 26.1. The summed E-state index contributed by atoms with van der Waals surface area (Å²) >= 11 is 0. The monoisotopic (exact) mass is 952 g/mol. The molecule has 0 aliphatic heterocycles. The highest BCUT2D eigenvalue weighted by Gasteiger charge is 2.28. The smallest absolute Gasteiger partial charge is 0.0372 e. The largest absolute Gasteiger partial charge is 0.0757 e. The molecule has 0 heterocycles. The van der Waals surface area contributed by atoms with Crippen LogP contribution in [-0.4, -0.2) is 0 Å². The second-order valence-corrected chi connectivity index (χ2v) is 19.8. The molecule has 1 aliphatic carbocycles. The lowest BCUT2D eigenvalue weighted by atomic mass is 9.74. The summed E-state index contributed by atoms with van der Waals surface area (Å²) in [7, 11) is 0. The SMILES string of the molecule is CC1c2ccccc2C=CC1c1c2c#cccc2c(-c2ccc3c(-c4cccc(/C(=C/c5ccc(-c6ccc(C=C(c7ccccc7)c7ccccc7)cc6)cc5)c5ccccc5)c4)cccc3c2)c2ccccc12. The van der Waals surface area contributed by atoms with Gasteiger partial charge in [0.15, 0.2) is 0 Å². The normalized spacial score (nSPS) is 14.1. The minimum atomic E-state index is 0.208. The fourth-order valence-electron chi connectivity index (χ4n) is 11.6. The third kappa shape index (κ3) is 8.76. The van der Waals surface area contributed by atoms with Crippen LogP contribution in [0, 0.1) is 12.1 Å². The molecule has 1 aliphatic rings. The lowest BCUT2D eigenvalue weighted by Gasteiger charge is -2.29. The molecule has 0 saturated carbocycles. The van der Waals surface area contributed by atoms with Gasteiger partial charge in [-0.05, 0) is 164 Å². The number of rotatable bonds is 10. The van der Waals surface area contributed by atoms with Crippen LogP contribution in [0.4, 0.5) is 0 Å². The molecule has 0 radical (unpaired) electrons. The molecule has 0 aromatic heterocycles. The predicted molar refractivity (Wildman–Crippen MR) is 319 cm³/mol. The lowest BCUT2D eigenvalue weighted by Crippen LogP contribution is -2.12. The van der Waals surface area contributed by atoms with Gasteiger partial charge in [0.05, 0.1) is 0 Å². The zero-order valence-corrected chi connectivity index (χ0v) is 41.8.